The summed E-state index contributed by atoms with van der Waals surface area (Å²) in [5.74, 6) is 2.10. The zero-order chi connectivity index (χ0) is 17.4. The normalized spacial score (nSPS) is 10.7. The Labute approximate surface area is 151 Å². The van der Waals surface area contributed by atoms with Gasteiger partial charge in [0, 0.05) is 18.3 Å². The number of hydrogen-bond acceptors (Lipinski definition) is 7. The summed E-state index contributed by atoms with van der Waals surface area (Å²) >= 11 is 0. The fourth-order valence-electron chi connectivity index (χ4n) is 1.85. The summed E-state index contributed by atoms with van der Waals surface area (Å²) in [6.45, 7) is 10.7. The van der Waals surface area contributed by atoms with Crippen LogP contribution in [0.3, 0.4) is 0 Å². The maximum Gasteiger partial charge on any atom is 0.228 e. The Morgan fingerprint density at radius 1 is 1.12 bits per heavy atom. The van der Waals surface area contributed by atoms with Crippen LogP contribution in [0.1, 0.15) is 31.9 Å². The zero-order valence-electron chi connectivity index (χ0n) is 14.2. The molecule has 1 aromatic heterocycles. The fraction of sp³-hybridized carbons (Fsp3) is 0.353. The van der Waals surface area contributed by atoms with Crippen LogP contribution in [0.5, 0.6) is 0 Å². The monoisotopic (exact) mass is 361 g/mol. The SMILES string of the molecule is C=Cc1ccc(CSSc2nc(NCC)nc(NC(C)C)n2)cc1. The van der Waals surface area contributed by atoms with E-state index >= 15 is 0 Å². The molecule has 0 unspecified atom stereocenters. The molecule has 7 heteroatoms. The van der Waals surface area contributed by atoms with E-state index in [1.54, 1.807) is 21.6 Å². The van der Waals surface area contributed by atoms with Crippen molar-refractivity contribution >= 4 is 39.6 Å². The number of nitrogens with one attached hydrogen (secondary N) is 2. The summed E-state index contributed by atoms with van der Waals surface area (Å²) in [7, 11) is 3.27. The Bertz CT molecular complexity index is 659. The van der Waals surface area contributed by atoms with Crippen LogP contribution in [0.25, 0.3) is 6.08 Å². The third kappa shape index (κ3) is 6.05. The molecule has 0 aliphatic heterocycles. The fourth-order valence-corrected chi connectivity index (χ4v) is 3.72. The lowest BCUT2D eigenvalue weighted by molar-refractivity contribution is 0.836. The molecule has 0 bridgehead atoms. The molecule has 0 aliphatic rings. The molecule has 0 aliphatic carbocycles. The Hall–Kier alpha value is -1.73. The second-order valence-electron chi connectivity index (χ2n) is 5.39. The minimum Gasteiger partial charge on any atom is -0.354 e. The minimum absolute atomic E-state index is 0.274. The Morgan fingerprint density at radius 2 is 1.83 bits per heavy atom. The van der Waals surface area contributed by atoms with E-state index in [0.717, 1.165) is 17.9 Å². The highest BCUT2D eigenvalue weighted by molar-refractivity contribution is 8.76. The highest BCUT2D eigenvalue weighted by atomic mass is 33.1. The second kappa shape index (κ2) is 9.54. The van der Waals surface area contributed by atoms with Gasteiger partial charge in [-0.1, -0.05) is 47.7 Å². The summed E-state index contributed by atoms with van der Waals surface area (Å²) in [4.78, 5) is 13.3. The van der Waals surface area contributed by atoms with E-state index in [1.807, 2.05) is 13.0 Å². The van der Waals surface area contributed by atoms with Gasteiger partial charge in [0.2, 0.25) is 17.1 Å². The van der Waals surface area contributed by atoms with Gasteiger partial charge in [0.25, 0.3) is 0 Å². The predicted molar refractivity (Wildman–Crippen MR) is 106 cm³/mol. The Kier molecular flexibility index (Phi) is 7.39. The third-order valence-electron chi connectivity index (χ3n) is 2.94. The molecule has 5 nitrogen and oxygen atoms in total. The molecule has 1 heterocycles. The summed E-state index contributed by atoms with van der Waals surface area (Å²) in [5, 5.41) is 7.08. The first-order valence-corrected chi connectivity index (χ1v) is 10.2. The average Bonchev–Trinajstić information content (AvgIpc) is 2.55. The van der Waals surface area contributed by atoms with Crippen molar-refractivity contribution < 1.29 is 0 Å². The number of anilines is 2. The summed E-state index contributed by atoms with van der Waals surface area (Å²) in [6.07, 6.45) is 1.85. The van der Waals surface area contributed by atoms with E-state index in [2.05, 4.69) is 70.3 Å². The number of nitrogens with zero attached hydrogens (tertiary/aromatic N) is 3. The number of rotatable bonds is 9. The first-order valence-electron chi connectivity index (χ1n) is 7.88. The molecular weight excluding hydrogens is 338 g/mol. The highest BCUT2D eigenvalue weighted by Gasteiger charge is 2.08. The van der Waals surface area contributed by atoms with E-state index in [-0.39, 0.29) is 6.04 Å². The van der Waals surface area contributed by atoms with Gasteiger partial charge < -0.3 is 10.6 Å². The predicted octanol–water partition coefficient (Wildman–Crippen LogP) is 4.71. The summed E-state index contributed by atoms with van der Waals surface area (Å²) in [6, 6.07) is 8.66. The lowest BCUT2D eigenvalue weighted by Crippen LogP contribution is -2.15. The standard InChI is InChI=1S/C17H23N5S2/c1-5-13-7-9-14(10-8-13)11-23-24-17-21-15(18-6-2)20-16(22-17)19-12(3)4/h5,7-10,12H,1,6,11H2,2-4H3,(H2,18,19,20,21,22). The Morgan fingerprint density at radius 3 is 2.46 bits per heavy atom. The van der Waals surface area contributed by atoms with E-state index in [9.17, 15) is 0 Å². The van der Waals surface area contributed by atoms with Gasteiger partial charge >= 0.3 is 0 Å². The molecule has 2 N–H and O–H groups in total. The van der Waals surface area contributed by atoms with Crippen LogP contribution >= 0.6 is 21.6 Å². The third-order valence-corrected chi connectivity index (χ3v) is 5.00. The molecule has 0 fully saturated rings. The number of aromatic nitrogens is 3. The molecule has 0 radical (unpaired) electrons. The molecule has 128 valence electrons. The van der Waals surface area contributed by atoms with Gasteiger partial charge in [0.15, 0.2) is 0 Å². The average molecular weight is 362 g/mol. The number of hydrogen-bond donors (Lipinski definition) is 2. The quantitative estimate of drug-likeness (QED) is 0.627. The van der Waals surface area contributed by atoms with Gasteiger partial charge in [-0.3, -0.25) is 0 Å². The van der Waals surface area contributed by atoms with Crippen molar-refractivity contribution in [3.63, 3.8) is 0 Å². The number of benzene rings is 1. The molecule has 24 heavy (non-hydrogen) atoms. The summed E-state index contributed by atoms with van der Waals surface area (Å²) < 4.78 is 0. The molecule has 0 spiro atoms. The van der Waals surface area contributed by atoms with Gasteiger partial charge in [-0.25, -0.2) is 0 Å². The van der Waals surface area contributed by atoms with Crippen LogP contribution in [-0.4, -0.2) is 27.5 Å². The van der Waals surface area contributed by atoms with Gasteiger partial charge in [0.05, 0.1) is 0 Å². The molecule has 1 aromatic carbocycles. The van der Waals surface area contributed by atoms with Crippen molar-refractivity contribution in [1.29, 1.82) is 0 Å². The van der Waals surface area contributed by atoms with Crippen LogP contribution in [-0.2, 0) is 5.75 Å². The molecule has 0 saturated heterocycles. The topological polar surface area (TPSA) is 62.7 Å². The van der Waals surface area contributed by atoms with Crippen molar-refractivity contribution in [2.24, 2.45) is 0 Å². The van der Waals surface area contributed by atoms with Gasteiger partial charge in [-0.05, 0) is 42.7 Å². The van der Waals surface area contributed by atoms with Crippen molar-refractivity contribution in [3.8, 4) is 0 Å². The largest absolute Gasteiger partial charge is 0.354 e. The molecule has 0 atom stereocenters. The lowest BCUT2D eigenvalue weighted by atomic mass is 10.1. The van der Waals surface area contributed by atoms with E-state index in [0.29, 0.717) is 17.1 Å². The first-order chi connectivity index (χ1) is 11.6. The maximum absolute atomic E-state index is 4.47. The van der Waals surface area contributed by atoms with Gasteiger partial charge in [-0.15, -0.1) is 0 Å². The minimum atomic E-state index is 0.274. The van der Waals surface area contributed by atoms with Crippen molar-refractivity contribution in [3.05, 3.63) is 42.0 Å². The Balaban J connectivity index is 1.99. The van der Waals surface area contributed by atoms with Crippen LogP contribution in [0, 0.1) is 0 Å². The van der Waals surface area contributed by atoms with Gasteiger partial charge in [0.1, 0.15) is 0 Å². The van der Waals surface area contributed by atoms with Crippen molar-refractivity contribution in [1.82, 2.24) is 15.0 Å². The smallest absolute Gasteiger partial charge is 0.228 e. The molecule has 2 aromatic rings. The van der Waals surface area contributed by atoms with Crippen molar-refractivity contribution in [2.75, 3.05) is 17.2 Å². The molecular formula is C17H23N5S2. The maximum atomic E-state index is 4.47. The highest BCUT2D eigenvalue weighted by Crippen LogP contribution is 2.32. The van der Waals surface area contributed by atoms with Crippen LogP contribution < -0.4 is 10.6 Å². The van der Waals surface area contributed by atoms with Crippen LogP contribution in [0.15, 0.2) is 36.0 Å². The second-order valence-corrected chi connectivity index (χ2v) is 7.65. The first kappa shape index (κ1) is 18.6. The van der Waals surface area contributed by atoms with E-state index in [4.69, 9.17) is 0 Å². The van der Waals surface area contributed by atoms with Crippen molar-refractivity contribution in [2.45, 2.75) is 37.7 Å². The van der Waals surface area contributed by atoms with Crippen LogP contribution in [0.2, 0.25) is 0 Å². The lowest BCUT2D eigenvalue weighted by Gasteiger charge is -2.11. The van der Waals surface area contributed by atoms with E-state index in [1.165, 1.54) is 5.56 Å². The molecule has 2 rings (SSSR count). The summed E-state index contributed by atoms with van der Waals surface area (Å²) in [5.41, 5.74) is 2.40. The van der Waals surface area contributed by atoms with E-state index < -0.39 is 0 Å². The van der Waals surface area contributed by atoms with Gasteiger partial charge in [-0.2, -0.15) is 15.0 Å². The van der Waals surface area contributed by atoms with Crippen LogP contribution in [0.4, 0.5) is 11.9 Å². The molecule has 0 amide bonds. The molecule has 0 saturated carbocycles. The zero-order valence-corrected chi connectivity index (χ0v) is 15.9.